The summed E-state index contributed by atoms with van der Waals surface area (Å²) in [6.07, 6.45) is 8.04. The second-order valence-electron chi connectivity index (χ2n) is 6.72. The van der Waals surface area contributed by atoms with E-state index in [4.69, 9.17) is 4.98 Å². The number of thiazole rings is 1. The average molecular weight is 337 g/mol. The molecule has 1 aromatic carbocycles. The van der Waals surface area contributed by atoms with Gasteiger partial charge >= 0.3 is 0 Å². The molecule has 24 heavy (non-hydrogen) atoms. The highest BCUT2D eigenvalue weighted by molar-refractivity contribution is 7.10. The zero-order valence-electron chi connectivity index (χ0n) is 14.0. The Morgan fingerprint density at radius 1 is 1.17 bits per heavy atom. The van der Waals surface area contributed by atoms with E-state index in [1.165, 1.54) is 16.3 Å². The summed E-state index contributed by atoms with van der Waals surface area (Å²) in [5, 5.41) is 6.79. The third kappa shape index (κ3) is 3.04. The van der Waals surface area contributed by atoms with Crippen LogP contribution in [0.1, 0.15) is 18.4 Å². The minimum atomic E-state index is 0.00916. The Labute approximate surface area is 147 Å². The van der Waals surface area contributed by atoms with Gasteiger partial charge in [0.15, 0.2) is 0 Å². The van der Waals surface area contributed by atoms with Crippen LogP contribution in [0.25, 0.3) is 11.3 Å². The van der Waals surface area contributed by atoms with Gasteiger partial charge in [0.2, 0.25) is 0 Å². The minimum absolute atomic E-state index is 0.00916. The quantitative estimate of drug-likeness (QED) is 0.923. The molecule has 1 atom stereocenters. The van der Waals surface area contributed by atoms with Crippen LogP contribution in [0, 0.1) is 0 Å². The SMILES string of the molecule is CC1(c2nc(-c3ccccc3)cs2)C=CC(N2CCNCC2)=CC1. The van der Waals surface area contributed by atoms with Gasteiger partial charge in [-0.2, -0.15) is 0 Å². The van der Waals surface area contributed by atoms with Crippen LogP contribution in [-0.4, -0.2) is 36.1 Å². The molecule has 0 amide bonds. The number of hydrogen-bond donors (Lipinski definition) is 1. The van der Waals surface area contributed by atoms with E-state index in [1.807, 2.05) is 6.07 Å². The standard InChI is InChI=1S/C20H23N3S/c1-20(9-7-17(8-10-20)23-13-11-21-12-14-23)19-22-18(15-24-19)16-5-3-2-4-6-16/h2-9,15,21H,10-14H2,1H3. The number of allylic oxidation sites excluding steroid dienone is 3. The normalized spacial score (nSPS) is 24.0. The summed E-state index contributed by atoms with van der Waals surface area (Å²) in [5.41, 5.74) is 3.66. The molecule has 1 saturated heterocycles. The molecule has 1 aliphatic heterocycles. The third-order valence-corrected chi connectivity index (χ3v) is 6.02. The van der Waals surface area contributed by atoms with E-state index < -0.39 is 0 Å². The molecule has 1 N–H and O–H groups in total. The molecule has 1 aromatic heterocycles. The molecule has 1 aliphatic carbocycles. The van der Waals surface area contributed by atoms with E-state index in [0.717, 1.165) is 38.3 Å². The van der Waals surface area contributed by atoms with Crippen LogP contribution in [0.15, 0.2) is 59.6 Å². The van der Waals surface area contributed by atoms with Crippen molar-refractivity contribution >= 4 is 11.3 Å². The number of hydrogen-bond acceptors (Lipinski definition) is 4. The van der Waals surface area contributed by atoms with E-state index in [2.05, 4.69) is 65.0 Å². The van der Waals surface area contributed by atoms with E-state index in [-0.39, 0.29) is 5.41 Å². The van der Waals surface area contributed by atoms with Gasteiger partial charge in [0, 0.05) is 48.2 Å². The monoisotopic (exact) mass is 337 g/mol. The first kappa shape index (κ1) is 15.6. The first-order chi connectivity index (χ1) is 11.7. The molecule has 3 nitrogen and oxygen atoms in total. The van der Waals surface area contributed by atoms with Gasteiger partial charge in [-0.15, -0.1) is 11.3 Å². The molecule has 124 valence electrons. The van der Waals surface area contributed by atoms with Crippen molar-refractivity contribution in [1.29, 1.82) is 0 Å². The lowest BCUT2D eigenvalue weighted by molar-refractivity contribution is 0.303. The van der Waals surface area contributed by atoms with Gasteiger partial charge in [-0.25, -0.2) is 4.98 Å². The van der Waals surface area contributed by atoms with Crippen molar-refractivity contribution in [3.8, 4) is 11.3 Å². The number of piperazine rings is 1. The predicted octanol–water partition coefficient (Wildman–Crippen LogP) is 3.82. The first-order valence-corrected chi connectivity index (χ1v) is 9.49. The minimum Gasteiger partial charge on any atom is -0.369 e. The van der Waals surface area contributed by atoms with Gasteiger partial charge in [0.25, 0.3) is 0 Å². The van der Waals surface area contributed by atoms with Crippen molar-refractivity contribution in [2.75, 3.05) is 26.2 Å². The molecular formula is C20H23N3S. The van der Waals surface area contributed by atoms with Crippen molar-refractivity contribution in [3.05, 3.63) is 64.6 Å². The van der Waals surface area contributed by atoms with E-state index in [9.17, 15) is 0 Å². The Kier molecular flexibility index (Phi) is 4.25. The fourth-order valence-electron chi connectivity index (χ4n) is 3.32. The summed E-state index contributed by atoms with van der Waals surface area (Å²) >= 11 is 1.77. The highest BCUT2D eigenvalue weighted by Crippen LogP contribution is 2.37. The summed E-state index contributed by atoms with van der Waals surface area (Å²) < 4.78 is 0. The fraction of sp³-hybridized carbons (Fsp3) is 0.350. The highest BCUT2D eigenvalue weighted by Gasteiger charge is 2.29. The number of rotatable bonds is 3. The maximum Gasteiger partial charge on any atom is 0.103 e. The maximum absolute atomic E-state index is 4.93. The molecule has 4 heteroatoms. The van der Waals surface area contributed by atoms with Gasteiger partial charge in [-0.1, -0.05) is 42.5 Å². The van der Waals surface area contributed by atoms with Crippen molar-refractivity contribution in [3.63, 3.8) is 0 Å². The van der Waals surface area contributed by atoms with Crippen molar-refractivity contribution < 1.29 is 0 Å². The van der Waals surface area contributed by atoms with Gasteiger partial charge < -0.3 is 10.2 Å². The van der Waals surface area contributed by atoms with Crippen LogP contribution in [0.2, 0.25) is 0 Å². The lowest BCUT2D eigenvalue weighted by atomic mass is 9.83. The molecule has 2 heterocycles. The summed E-state index contributed by atoms with van der Waals surface area (Å²) in [5.74, 6) is 0. The van der Waals surface area contributed by atoms with Crippen molar-refractivity contribution in [2.45, 2.75) is 18.8 Å². The van der Waals surface area contributed by atoms with Gasteiger partial charge in [-0.3, -0.25) is 0 Å². The lowest BCUT2D eigenvalue weighted by Gasteiger charge is -2.34. The number of aromatic nitrogens is 1. The van der Waals surface area contributed by atoms with Crippen LogP contribution in [0.3, 0.4) is 0 Å². The summed E-state index contributed by atoms with van der Waals surface area (Å²) in [6, 6.07) is 10.4. The molecule has 1 unspecified atom stereocenters. The second kappa shape index (κ2) is 6.54. The molecule has 2 aliphatic rings. The Morgan fingerprint density at radius 3 is 2.67 bits per heavy atom. The predicted molar refractivity (Wildman–Crippen MR) is 101 cm³/mol. The molecule has 0 radical (unpaired) electrons. The topological polar surface area (TPSA) is 28.2 Å². The second-order valence-corrected chi connectivity index (χ2v) is 7.58. The molecular weight excluding hydrogens is 314 g/mol. The largest absolute Gasteiger partial charge is 0.369 e. The lowest BCUT2D eigenvalue weighted by Crippen LogP contribution is -2.43. The fourth-order valence-corrected chi connectivity index (χ4v) is 4.30. The van der Waals surface area contributed by atoms with E-state index in [1.54, 1.807) is 11.3 Å². The van der Waals surface area contributed by atoms with Crippen molar-refractivity contribution in [2.24, 2.45) is 0 Å². The van der Waals surface area contributed by atoms with E-state index >= 15 is 0 Å². The van der Waals surface area contributed by atoms with Crippen molar-refractivity contribution in [1.82, 2.24) is 15.2 Å². The molecule has 0 saturated carbocycles. The maximum atomic E-state index is 4.93. The average Bonchev–Trinajstić information content (AvgIpc) is 3.15. The zero-order valence-corrected chi connectivity index (χ0v) is 14.9. The zero-order chi connectivity index (χ0) is 16.4. The summed E-state index contributed by atoms with van der Waals surface area (Å²) in [7, 11) is 0. The smallest absolute Gasteiger partial charge is 0.103 e. The third-order valence-electron chi connectivity index (χ3n) is 4.90. The van der Waals surface area contributed by atoms with E-state index in [0.29, 0.717) is 0 Å². The van der Waals surface area contributed by atoms with Crippen LogP contribution in [-0.2, 0) is 5.41 Å². The van der Waals surface area contributed by atoms with Crippen LogP contribution >= 0.6 is 11.3 Å². The molecule has 0 bridgehead atoms. The molecule has 0 spiro atoms. The Morgan fingerprint density at radius 2 is 1.96 bits per heavy atom. The molecule has 1 fully saturated rings. The van der Waals surface area contributed by atoms with Crippen LogP contribution in [0.5, 0.6) is 0 Å². The number of nitrogens with zero attached hydrogens (tertiary/aromatic N) is 2. The van der Waals surface area contributed by atoms with Crippen LogP contribution in [0.4, 0.5) is 0 Å². The number of benzene rings is 1. The Bertz CT molecular complexity index is 756. The molecule has 2 aromatic rings. The molecule has 4 rings (SSSR count). The van der Waals surface area contributed by atoms with Gasteiger partial charge in [0.05, 0.1) is 5.69 Å². The van der Waals surface area contributed by atoms with Gasteiger partial charge in [-0.05, 0) is 19.4 Å². The first-order valence-electron chi connectivity index (χ1n) is 8.61. The Hall–Kier alpha value is -1.91. The Balaban J connectivity index is 1.52. The summed E-state index contributed by atoms with van der Waals surface area (Å²) in [4.78, 5) is 7.40. The van der Waals surface area contributed by atoms with Gasteiger partial charge in [0.1, 0.15) is 5.01 Å². The van der Waals surface area contributed by atoms with Crippen LogP contribution < -0.4 is 5.32 Å². The summed E-state index contributed by atoms with van der Waals surface area (Å²) in [6.45, 7) is 6.65. The highest BCUT2D eigenvalue weighted by atomic mass is 32.1. The number of nitrogens with one attached hydrogen (secondary N) is 1.